The van der Waals surface area contributed by atoms with Crippen LogP contribution in [0.5, 0.6) is 5.75 Å². The van der Waals surface area contributed by atoms with Crippen LogP contribution in [-0.4, -0.2) is 58.8 Å². The molecular weight excluding hydrogens is 557 g/mol. The van der Waals surface area contributed by atoms with E-state index in [0.717, 1.165) is 4.57 Å². The quantitative estimate of drug-likeness (QED) is 0.363. The van der Waals surface area contributed by atoms with E-state index >= 15 is 0 Å². The highest BCUT2D eigenvalue weighted by Gasteiger charge is 2.30. The number of anilines is 2. The van der Waals surface area contributed by atoms with Crippen LogP contribution in [0.15, 0.2) is 47.4 Å². The highest BCUT2D eigenvalue weighted by molar-refractivity contribution is 7.91. The largest absolute Gasteiger partial charge is 0.495 e. The van der Waals surface area contributed by atoms with Crippen molar-refractivity contribution in [1.29, 1.82) is 0 Å². The van der Waals surface area contributed by atoms with Crippen LogP contribution in [0.4, 0.5) is 24.5 Å². The topological polar surface area (TPSA) is 133 Å². The van der Waals surface area contributed by atoms with Gasteiger partial charge in [-0.2, -0.15) is 13.2 Å². The van der Waals surface area contributed by atoms with Gasteiger partial charge in [-0.1, -0.05) is 12.0 Å². The number of aromatic nitrogens is 1. The zero-order valence-corrected chi connectivity index (χ0v) is 22.5. The lowest BCUT2D eigenvalue weighted by molar-refractivity contribution is -0.140. The van der Waals surface area contributed by atoms with Crippen LogP contribution >= 0.6 is 0 Å². The molecule has 2 heterocycles. The molecule has 1 aliphatic rings. The molecule has 3 aromatic rings. The molecule has 0 radical (unpaired) electrons. The minimum Gasteiger partial charge on any atom is -0.495 e. The van der Waals surface area contributed by atoms with Gasteiger partial charge in [0.15, 0.2) is 0 Å². The molecule has 9 nitrogen and oxygen atoms in total. The molecular formula is C25H27F3N4O5S2. The van der Waals surface area contributed by atoms with Gasteiger partial charge in [-0.15, -0.1) is 0 Å². The molecule has 1 fully saturated rings. The third-order valence-electron chi connectivity index (χ3n) is 6.28. The number of sulfonamides is 1. The number of ether oxygens (including phenoxy) is 1. The van der Waals surface area contributed by atoms with Crippen molar-refractivity contribution in [3.63, 3.8) is 0 Å². The molecule has 0 unspecified atom stereocenters. The van der Waals surface area contributed by atoms with E-state index in [4.69, 9.17) is 9.88 Å². The van der Waals surface area contributed by atoms with Gasteiger partial charge in [0.1, 0.15) is 22.1 Å². The van der Waals surface area contributed by atoms with Crippen LogP contribution in [0.2, 0.25) is 0 Å². The Bertz CT molecular complexity index is 1640. The fraction of sp³-hybridized carbons (Fsp3) is 0.360. The number of halogens is 3. The monoisotopic (exact) mass is 584 g/mol. The fourth-order valence-corrected chi connectivity index (χ4v) is 6.41. The van der Waals surface area contributed by atoms with Crippen LogP contribution in [0, 0.1) is 11.8 Å². The summed E-state index contributed by atoms with van der Waals surface area (Å²) in [6.07, 6.45) is -3.65. The van der Waals surface area contributed by atoms with Gasteiger partial charge in [0.2, 0.25) is 10.0 Å². The van der Waals surface area contributed by atoms with Crippen molar-refractivity contribution >= 4 is 42.1 Å². The predicted molar refractivity (Wildman–Crippen MR) is 143 cm³/mol. The number of nitrogens with one attached hydrogen (secondary N) is 2. The van der Waals surface area contributed by atoms with E-state index in [2.05, 4.69) is 22.5 Å². The summed E-state index contributed by atoms with van der Waals surface area (Å²) in [5.74, 6) is 5.94. The maximum atomic E-state index is 13.5. The molecule has 0 amide bonds. The Balaban J connectivity index is 1.60. The fourth-order valence-electron chi connectivity index (χ4n) is 4.39. The van der Waals surface area contributed by atoms with Crippen molar-refractivity contribution in [3.05, 3.63) is 48.2 Å². The van der Waals surface area contributed by atoms with Crippen molar-refractivity contribution in [1.82, 2.24) is 4.57 Å². The second kappa shape index (κ2) is 11.0. The molecule has 14 heteroatoms. The molecule has 4 N–H and O–H groups in total. The number of nitrogens with two attached hydrogens (primary N) is 1. The normalized spacial score (nSPS) is 15.9. The van der Waals surface area contributed by atoms with Gasteiger partial charge in [-0.05, 0) is 49.1 Å². The molecule has 4 rings (SSSR count). The first-order valence-electron chi connectivity index (χ1n) is 11.9. The van der Waals surface area contributed by atoms with E-state index in [9.17, 15) is 30.0 Å². The summed E-state index contributed by atoms with van der Waals surface area (Å²) in [7, 11) is -5.63. The predicted octanol–water partition coefficient (Wildman–Crippen LogP) is 3.31. The number of primary sulfonamides is 1. The lowest BCUT2D eigenvalue weighted by Gasteiger charge is -2.24. The molecule has 210 valence electrons. The summed E-state index contributed by atoms with van der Waals surface area (Å²) in [4.78, 5) is -0.132. The average Bonchev–Trinajstić information content (AvgIpc) is 3.19. The highest BCUT2D eigenvalue weighted by atomic mass is 32.2. The van der Waals surface area contributed by atoms with E-state index < -0.39 is 32.6 Å². The number of alkyl halides is 3. The highest BCUT2D eigenvalue weighted by Crippen LogP contribution is 2.32. The standard InChI is InChI=1S/C25H27F3N4O5S2/c1-37-24-15-19(39(29,35)36)7-8-22(24)30-11-3-4-18-14-20-21(31-17-9-12-38(33,34)13-10-17)5-2-6-23(20)32(18)16-25(26,27)28/h2,5-8,14-15,17,30-31H,9-13,16H2,1H3,(H2,29,35,36). The van der Waals surface area contributed by atoms with Crippen LogP contribution < -0.4 is 20.5 Å². The number of sulfone groups is 1. The van der Waals surface area contributed by atoms with E-state index in [1.54, 1.807) is 24.3 Å². The Labute approximate surface area is 224 Å². The molecule has 0 aliphatic carbocycles. The van der Waals surface area contributed by atoms with Crippen molar-refractivity contribution < 1.29 is 34.7 Å². The molecule has 2 aromatic carbocycles. The van der Waals surface area contributed by atoms with Gasteiger partial charge in [-0.3, -0.25) is 0 Å². The van der Waals surface area contributed by atoms with Crippen molar-refractivity contribution in [2.75, 3.05) is 35.8 Å². The maximum Gasteiger partial charge on any atom is 0.406 e. The number of nitrogens with zero attached hydrogens (tertiary/aromatic N) is 1. The molecule has 0 bridgehead atoms. The van der Waals surface area contributed by atoms with Gasteiger partial charge in [-0.25, -0.2) is 22.0 Å². The molecule has 0 saturated carbocycles. The Hall–Kier alpha value is -3.41. The third kappa shape index (κ3) is 7.17. The van der Waals surface area contributed by atoms with E-state index in [0.29, 0.717) is 35.1 Å². The molecule has 0 spiro atoms. The summed E-state index contributed by atoms with van der Waals surface area (Å²) in [6.45, 7) is -1.21. The van der Waals surface area contributed by atoms with Crippen LogP contribution in [0.1, 0.15) is 18.5 Å². The van der Waals surface area contributed by atoms with Gasteiger partial charge in [0.25, 0.3) is 0 Å². The van der Waals surface area contributed by atoms with Crippen molar-refractivity contribution in [2.45, 2.75) is 36.5 Å². The van der Waals surface area contributed by atoms with Crippen LogP contribution in [0.3, 0.4) is 0 Å². The zero-order valence-electron chi connectivity index (χ0n) is 20.9. The molecule has 0 atom stereocenters. The molecule has 1 aliphatic heterocycles. The molecule has 1 saturated heterocycles. The Morgan fingerprint density at radius 2 is 1.85 bits per heavy atom. The summed E-state index contributed by atoms with van der Waals surface area (Å²) in [6, 6.07) is 10.5. The first-order chi connectivity index (χ1) is 18.3. The van der Waals surface area contributed by atoms with E-state index in [-0.39, 0.29) is 40.4 Å². The first kappa shape index (κ1) is 28.6. The van der Waals surface area contributed by atoms with Gasteiger partial charge in [0, 0.05) is 23.2 Å². The Morgan fingerprint density at radius 1 is 1.13 bits per heavy atom. The van der Waals surface area contributed by atoms with Crippen molar-refractivity contribution in [3.8, 4) is 17.6 Å². The van der Waals surface area contributed by atoms with Crippen molar-refractivity contribution in [2.24, 2.45) is 5.14 Å². The Morgan fingerprint density at radius 3 is 2.49 bits per heavy atom. The Kier molecular flexibility index (Phi) is 8.06. The lowest BCUT2D eigenvalue weighted by Crippen LogP contribution is -2.32. The first-order valence-corrected chi connectivity index (χ1v) is 15.2. The molecule has 1 aromatic heterocycles. The summed E-state index contributed by atoms with van der Waals surface area (Å²) in [5, 5.41) is 11.9. The molecule has 39 heavy (non-hydrogen) atoms. The van der Waals surface area contributed by atoms with Gasteiger partial charge >= 0.3 is 6.18 Å². The van der Waals surface area contributed by atoms with Crippen LogP contribution in [-0.2, 0) is 26.4 Å². The van der Waals surface area contributed by atoms with Gasteiger partial charge in [0.05, 0.1) is 47.0 Å². The minimum absolute atomic E-state index is 0.0281. The smallest absolute Gasteiger partial charge is 0.406 e. The van der Waals surface area contributed by atoms with Crippen LogP contribution in [0.25, 0.3) is 10.9 Å². The second-order valence-corrected chi connectivity index (χ2v) is 13.0. The second-order valence-electron chi connectivity index (χ2n) is 9.10. The van der Waals surface area contributed by atoms with E-state index in [1.807, 2.05) is 0 Å². The summed E-state index contributed by atoms with van der Waals surface area (Å²) >= 11 is 0. The number of benzene rings is 2. The summed E-state index contributed by atoms with van der Waals surface area (Å²) < 4.78 is 93.3. The van der Waals surface area contributed by atoms with E-state index in [1.165, 1.54) is 25.3 Å². The summed E-state index contributed by atoms with van der Waals surface area (Å²) in [5.41, 5.74) is 1.54. The number of rotatable bonds is 7. The third-order valence-corrected chi connectivity index (χ3v) is 8.91. The SMILES string of the molecule is COc1cc(S(N)(=O)=O)ccc1NCC#Cc1cc2c(NC3CCS(=O)(=O)CC3)cccc2n1CC(F)(F)F. The number of fused-ring (bicyclic) bond motifs is 1. The minimum atomic E-state index is -4.49. The zero-order chi connectivity index (χ0) is 28.4. The average molecular weight is 585 g/mol. The number of hydrogen-bond donors (Lipinski definition) is 3. The number of hydrogen-bond acceptors (Lipinski definition) is 7. The lowest BCUT2D eigenvalue weighted by atomic mass is 10.1. The maximum absolute atomic E-state index is 13.5. The number of methoxy groups -OCH3 is 1. The van der Waals surface area contributed by atoms with Gasteiger partial charge < -0.3 is 19.9 Å².